The van der Waals surface area contributed by atoms with Crippen LogP contribution in [0.5, 0.6) is 0 Å². The van der Waals surface area contributed by atoms with Crippen LogP contribution in [0, 0.1) is 5.82 Å². The van der Waals surface area contributed by atoms with Crippen LogP contribution in [-0.2, 0) is 6.42 Å². The van der Waals surface area contributed by atoms with Gasteiger partial charge in [0, 0.05) is 4.88 Å². The van der Waals surface area contributed by atoms with Gasteiger partial charge in [-0.15, -0.1) is 11.3 Å². The molecule has 0 saturated carbocycles. The predicted octanol–water partition coefficient (Wildman–Crippen LogP) is 6.33. The van der Waals surface area contributed by atoms with Crippen molar-refractivity contribution in [2.24, 2.45) is 0 Å². The number of hydrogen-bond donors (Lipinski definition) is 0. The van der Waals surface area contributed by atoms with E-state index in [2.05, 4.69) is 13.0 Å². The van der Waals surface area contributed by atoms with Gasteiger partial charge >= 0.3 is 0 Å². The van der Waals surface area contributed by atoms with Gasteiger partial charge in [0.05, 0.1) is 4.34 Å². The number of hydrogen-bond acceptors (Lipinski definition) is 1. The third kappa shape index (κ3) is 4.05. The first-order chi connectivity index (χ1) is 9.20. The highest BCUT2D eigenvalue weighted by atomic mass is 35.5. The molecule has 102 valence electrons. The third-order valence-corrected chi connectivity index (χ3v) is 4.67. The second kappa shape index (κ2) is 7.06. The van der Waals surface area contributed by atoms with E-state index in [1.165, 1.54) is 43.4 Å². The lowest BCUT2D eigenvalue weighted by Crippen LogP contribution is -1.83. The molecule has 0 atom stereocenters. The van der Waals surface area contributed by atoms with Crippen LogP contribution in [0.4, 0.5) is 4.39 Å². The summed E-state index contributed by atoms with van der Waals surface area (Å²) in [4.78, 5) is 1.12. The third-order valence-electron chi connectivity index (χ3n) is 3.19. The number of unbranched alkanes of at least 4 members (excludes halogenated alkanes) is 3. The summed E-state index contributed by atoms with van der Waals surface area (Å²) in [5.41, 5.74) is 2.26. The molecule has 0 amide bonds. The number of halogens is 2. The fourth-order valence-corrected chi connectivity index (χ4v) is 3.41. The summed E-state index contributed by atoms with van der Waals surface area (Å²) in [5.74, 6) is -0.203. The molecule has 19 heavy (non-hydrogen) atoms. The van der Waals surface area contributed by atoms with Crippen molar-refractivity contribution in [1.29, 1.82) is 0 Å². The second-order valence-electron chi connectivity index (χ2n) is 4.73. The Morgan fingerprint density at radius 1 is 1.11 bits per heavy atom. The van der Waals surface area contributed by atoms with Crippen molar-refractivity contribution in [2.75, 3.05) is 0 Å². The van der Waals surface area contributed by atoms with Crippen LogP contribution in [-0.4, -0.2) is 0 Å². The average molecular weight is 297 g/mol. The fourth-order valence-electron chi connectivity index (χ4n) is 2.08. The lowest BCUT2D eigenvalue weighted by Gasteiger charge is -1.98. The monoisotopic (exact) mass is 296 g/mol. The molecule has 1 aromatic carbocycles. The van der Waals surface area contributed by atoms with Gasteiger partial charge < -0.3 is 0 Å². The van der Waals surface area contributed by atoms with E-state index in [1.54, 1.807) is 23.5 Å². The van der Waals surface area contributed by atoms with Crippen LogP contribution in [0.3, 0.4) is 0 Å². The summed E-state index contributed by atoms with van der Waals surface area (Å²) >= 11 is 7.86. The van der Waals surface area contributed by atoms with Gasteiger partial charge in [0.15, 0.2) is 0 Å². The first-order valence-corrected chi connectivity index (χ1v) is 7.94. The Labute approximate surface area is 123 Å². The Hall–Kier alpha value is -0.860. The Morgan fingerprint density at radius 2 is 1.84 bits per heavy atom. The molecule has 1 aromatic heterocycles. The van der Waals surface area contributed by atoms with E-state index in [9.17, 15) is 4.39 Å². The van der Waals surface area contributed by atoms with Crippen LogP contribution in [0.2, 0.25) is 4.34 Å². The zero-order valence-corrected chi connectivity index (χ0v) is 12.7. The Kier molecular flexibility index (Phi) is 5.41. The van der Waals surface area contributed by atoms with Gasteiger partial charge in [-0.1, -0.05) is 49.9 Å². The standard InChI is InChI=1S/C16H18ClFS/c1-2-3-4-5-6-13-11-15(19-16(13)17)12-7-9-14(18)10-8-12/h7-11H,2-6H2,1H3. The van der Waals surface area contributed by atoms with E-state index in [1.807, 2.05) is 0 Å². The molecular formula is C16H18ClFS. The van der Waals surface area contributed by atoms with Crippen LogP contribution >= 0.6 is 22.9 Å². The molecule has 0 bridgehead atoms. The number of benzene rings is 1. The minimum Gasteiger partial charge on any atom is -0.207 e. The van der Waals surface area contributed by atoms with Gasteiger partial charge in [-0.25, -0.2) is 4.39 Å². The predicted molar refractivity (Wildman–Crippen MR) is 82.6 cm³/mol. The molecule has 0 aliphatic carbocycles. The summed E-state index contributed by atoms with van der Waals surface area (Å²) < 4.78 is 13.8. The number of rotatable bonds is 6. The molecular weight excluding hydrogens is 279 g/mol. The molecule has 0 radical (unpaired) electrons. The van der Waals surface area contributed by atoms with Crippen molar-refractivity contribution in [3.63, 3.8) is 0 Å². The highest BCUT2D eigenvalue weighted by Crippen LogP contribution is 2.35. The van der Waals surface area contributed by atoms with Gasteiger partial charge in [0.1, 0.15) is 5.82 Å². The maximum absolute atomic E-state index is 12.9. The van der Waals surface area contributed by atoms with E-state index in [4.69, 9.17) is 11.6 Å². The minimum atomic E-state index is -0.203. The topological polar surface area (TPSA) is 0 Å². The van der Waals surface area contributed by atoms with E-state index in [0.717, 1.165) is 21.2 Å². The lowest BCUT2D eigenvalue weighted by atomic mass is 10.1. The van der Waals surface area contributed by atoms with Gasteiger partial charge in [-0.3, -0.25) is 0 Å². The molecule has 3 heteroatoms. The van der Waals surface area contributed by atoms with E-state index in [0.29, 0.717) is 0 Å². The van der Waals surface area contributed by atoms with E-state index >= 15 is 0 Å². The maximum atomic E-state index is 12.9. The summed E-state index contributed by atoms with van der Waals surface area (Å²) in [5, 5.41) is 0. The van der Waals surface area contributed by atoms with Crippen molar-refractivity contribution < 1.29 is 4.39 Å². The molecule has 2 aromatic rings. The first kappa shape index (κ1) is 14.5. The highest BCUT2D eigenvalue weighted by Gasteiger charge is 2.08. The fraction of sp³-hybridized carbons (Fsp3) is 0.375. The van der Waals surface area contributed by atoms with Gasteiger partial charge in [-0.2, -0.15) is 0 Å². The highest BCUT2D eigenvalue weighted by molar-refractivity contribution is 7.19. The summed E-state index contributed by atoms with van der Waals surface area (Å²) in [6.07, 6.45) is 6.02. The Balaban J connectivity index is 2.05. The van der Waals surface area contributed by atoms with Crippen molar-refractivity contribution in [3.8, 4) is 10.4 Å². The largest absolute Gasteiger partial charge is 0.207 e. The zero-order valence-electron chi connectivity index (χ0n) is 11.1. The van der Waals surface area contributed by atoms with Crippen LogP contribution in [0.15, 0.2) is 30.3 Å². The molecule has 0 unspecified atom stereocenters. The van der Waals surface area contributed by atoms with E-state index in [-0.39, 0.29) is 5.82 Å². The second-order valence-corrected chi connectivity index (χ2v) is 6.38. The quantitative estimate of drug-likeness (QED) is 0.546. The lowest BCUT2D eigenvalue weighted by molar-refractivity contribution is 0.628. The molecule has 1 heterocycles. The molecule has 0 aliphatic heterocycles. The van der Waals surface area contributed by atoms with Gasteiger partial charge in [0.2, 0.25) is 0 Å². The van der Waals surface area contributed by atoms with Gasteiger partial charge in [-0.05, 0) is 42.2 Å². The summed E-state index contributed by atoms with van der Waals surface area (Å²) in [7, 11) is 0. The average Bonchev–Trinajstić information content (AvgIpc) is 2.77. The van der Waals surface area contributed by atoms with Crippen LogP contribution in [0.1, 0.15) is 38.2 Å². The zero-order chi connectivity index (χ0) is 13.7. The van der Waals surface area contributed by atoms with Crippen LogP contribution in [0.25, 0.3) is 10.4 Å². The summed E-state index contributed by atoms with van der Waals surface area (Å²) in [6, 6.07) is 8.73. The van der Waals surface area contributed by atoms with Crippen molar-refractivity contribution in [1.82, 2.24) is 0 Å². The minimum absolute atomic E-state index is 0.203. The molecule has 2 rings (SSSR count). The van der Waals surface area contributed by atoms with Crippen molar-refractivity contribution in [2.45, 2.75) is 39.0 Å². The molecule has 0 nitrogen and oxygen atoms in total. The van der Waals surface area contributed by atoms with Crippen molar-refractivity contribution >= 4 is 22.9 Å². The maximum Gasteiger partial charge on any atom is 0.123 e. The molecule has 0 fully saturated rings. The van der Waals surface area contributed by atoms with Gasteiger partial charge in [0.25, 0.3) is 0 Å². The Bertz CT molecular complexity index is 516. The molecule has 0 N–H and O–H groups in total. The molecule has 0 saturated heterocycles. The summed E-state index contributed by atoms with van der Waals surface area (Å²) in [6.45, 7) is 2.21. The van der Waals surface area contributed by atoms with Crippen LogP contribution < -0.4 is 0 Å². The normalized spacial score (nSPS) is 10.9. The SMILES string of the molecule is CCCCCCc1cc(-c2ccc(F)cc2)sc1Cl. The smallest absolute Gasteiger partial charge is 0.123 e. The van der Waals surface area contributed by atoms with Crippen molar-refractivity contribution in [3.05, 3.63) is 46.0 Å². The molecule has 0 aliphatic rings. The number of aryl methyl sites for hydroxylation is 1. The Morgan fingerprint density at radius 3 is 2.53 bits per heavy atom. The first-order valence-electron chi connectivity index (χ1n) is 6.75. The number of thiophene rings is 1. The van der Waals surface area contributed by atoms with E-state index < -0.39 is 0 Å². The molecule has 0 spiro atoms.